The Bertz CT molecular complexity index is 524. The highest BCUT2D eigenvalue weighted by Gasteiger charge is 2.04. The molecule has 2 aromatic carbocycles. The Hall–Kier alpha value is -2.33. The van der Waals surface area contributed by atoms with Crippen LogP contribution in [-0.4, -0.2) is 12.5 Å². The van der Waals surface area contributed by atoms with E-state index >= 15 is 0 Å². The maximum atomic E-state index is 11.7. The third kappa shape index (κ3) is 3.82. The lowest BCUT2D eigenvalue weighted by Gasteiger charge is -2.07. The van der Waals surface area contributed by atoms with Crippen LogP contribution < -0.4 is 15.6 Å². The molecular weight excluding hydrogens is 240 g/mol. The smallest absolute Gasteiger partial charge is 0.265 e. The molecular formula is C15H16N2O2. The summed E-state index contributed by atoms with van der Waals surface area (Å²) in [4.78, 5) is 11.7. The largest absolute Gasteiger partial charge is 0.457 e. The third-order valence-electron chi connectivity index (χ3n) is 2.47. The Kier molecular flexibility index (Phi) is 4.53. The van der Waals surface area contributed by atoms with Crippen molar-refractivity contribution >= 4 is 5.91 Å². The standard InChI is InChI=1S/C15H16N2O2/c1-2-16-17-15(18)12-8-10-14(11-9-12)19-13-6-4-3-5-7-13/h3-11,16H,2H2,1H3,(H,17,18). The van der Waals surface area contributed by atoms with Crippen LogP contribution in [0.15, 0.2) is 54.6 Å². The molecule has 0 aliphatic heterocycles. The van der Waals surface area contributed by atoms with E-state index in [0.29, 0.717) is 17.9 Å². The highest BCUT2D eigenvalue weighted by atomic mass is 16.5. The van der Waals surface area contributed by atoms with Crippen LogP contribution in [0.3, 0.4) is 0 Å². The maximum Gasteiger partial charge on any atom is 0.265 e. The van der Waals surface area contributed by atoms with Crippen molar-refractivity contribution in [2.24, 2.45) is 0 Å². The fourth-order valence-corrected chi connectivity index (χ4v) is 1.54. The number of hydrogen-bond donors (Lipinski definition) is 2. The fraction of sp³-hybridized carbons (Fsp3) is 0.133. The van der Waals surface area contributed by atoms with Crippen LogP contribution in [0.1, 0.15) is 17.3 Å². The van der Waals surface area contributed by atoms with Crippen LogP contribution in [0.5, 0.6) is 11.5 Å². The lowest BCUT2D eigenvalue weighted by molar-refractivity contribution is 0.0934. The van der Waals surface area contributed by atoms with Gasteiger partial charge in [0.15, 0.2) is 0 Å². The fourth-order valence-electron chi connectivity index (χ4n) is 1.54. The zero-order valence-corrected chi connectivity index (χ0v) is 10.7. The van der Waals surface area contributed by atoms with Crippen LogP contribution in [-0.2, 0) is 0 Å². The van der Waals surface area contributed by atoms with Gasteiger partial charge < -0.3 is 4.74 Å². The number of ether oxygens (including phenoxy) is 1. The Labute approximate surface area is 112 Å². The van der Waals surface area contributed by atoms with Gasteiger partial charge in [0.25, 0.3) is 5.91 Å². The number of para-hydroxylation sites is 1. The van der Waals surface area contributed by atoms with Crippen molar-refractivity contribution < 1.29 is 9.53 Å². The molecule has 0 saturated carbocycles. The molecule has 0 unspecified atom stereocenters. The lowest BCUT2D eigenvalue weighted by atomic mass is 10.2. The van der Waals surface area contributed by atoms with Crippen LogP contribution >= 0.6 is 0 Å². The van der Waals surface area contributed by atoms with E-state index < -0.39 is 0 Å². The molecule has 0 radical (unpaired) electrons. The van der Waals surface area contributed by atoms with E-state index in [9.17, 15) is 4.79 Å². The number of hydrogen-bond acceptors (Lipinski definition) is 3. The second kappa shape index (κ2) is 6.56. The maximum absolute atomic E-state index is 11.7. The highest BCUT2D eigenvalue weighted by Crippen LogP contribution is 2.20. The quantitative estimate of drug-likeness (QED) is 0.809. The van der Waals surface area contributed by atoms with Crippen molar-refractivity contribution in [3.8, 4) is 11.5 Å². The summed E-state index contributed by atoms with van der Waals surface area (Å²) in [6.07, 6.45) is 0. The van der Waals surface area contributed by atoms with Crippen LogP contribution in [0, 0.1) is 0 Å². The summed E-state index contributed by atoms with van der Waals surface area (Å²) < 4.78 is 5.65. The zero-order chi connectivity index (χ0) is 13.5. The Balaban J connectivity index is 2.00. The van der Waals surface area contributed by atoms with Crippen LogP contribution in [0.4, 0.5) is 0 Å². The van der Waals surface area contributed by atoms with Gasteiger partial charge in [0.05, 0.1) is 0 Å². The minimum atomic E-state index is -0.159. The predicted octanol–water partition coefficient (Wildman–Crippen LogP) is 2.73. The first-order valence-electron chi connectivity index (χ1n) is 6.16. The van der Waals surface area contributed by atoms with Gasteiger partial charge in [0, 0.05) is 12.1 Å². The summed E-state index contributed by atoms with van der Waals surface area (Å²) in [5.41, 5.74) is 5.94. The van der Waals surface area contributed by atoms with Crippen molar-refractivity contribution in [2.75, 3.05) is 6.54 Å². The molecule has 0 aliphatic rings. The van der Waals surface area contributed by atoms with Gasteiger partial charge in [-0.2, -0.15) is 0 Å². The van der Waals surface area contributed by atoms with Gasteiger partial charge in [0.2, 0.25) is 0 Å². The average Bonchev–Trinajstić information content (AvgIpc) is 2.46. The number of carbonyl (C=O) groups is 1. The molecule has 0 aromatic heterocycles. The minimum Gasteiger partial charge on any atom is -0.457 e. The normalized spacial score (nSPS) is 9.95. The molecule has 2 N–H and O–H groups in total. The molecule has 98 valence electrons. The topological polar surface area (TPSA) is 50.4 Å². The van der Waals surface area contributed by atoms with E-state index in [1.807, 2.05) is 37.3 Å². The lowest BCUT2D eigenvalue weighted by Crippen LogP contribution is -2.36. The summed E-state index contributed by atoms with van der Waals surface area (Å²) in [7, 11) is 0. The van der Waals surface area contributed by atoms with E-state index in [-0.39, 0.29) is 5.91 Å². The Morgan fingerprint density at radius 1 is 1.00 bits per heavy atom. The van der Waals surface area contributed by atoms with Crippen molar-refractivity contribution in [1.82, 2.24) is 10.9 Å². The van der Waals surface area contributed by atoms with Crippen molar-refractivity contribution in [1.29, 1.82) is 0 Å². The molecule has 0 spiro atoms. The van der Waals surface area contributed by atoms with Crippen molar-refractivity contribution in [3.05, 3.63) is 60.2 Å². The molecule has 4 nitrogen and oxygen atoms in total. The van der Waals surface area contributed by atoms with Gasteiger partial charge in [-0.3, -0.25) is 10.2 Å². The Morgan fingerprint density at radius 2 is 1.63 bits per heavy atom. The molecule has 0 saturated heterocycles. The molecule has 0 atom stereocenters. The number of carbonyl (C=O) groups excluding carboxylic acids is 1. The van der Waals surface area contributed by atoms with Crippen LogP contribution in [0.2, 0.25) is 0 Å². The average molecular weight is 256 g/mol. The van der Waals surface area contributed by atoms with Gasteiger partial charge in [-0.25, -0.2) is 5.43 Å². The monoisotopic (exact) mass is 256 g/mol. The van der Waals surface area contributed by atoms with E-state index in [1.54, 1.807) is 24.3 Å². The molecule has 4 heteroatoms. The molecule has 0 aliphatic carbocycles. The van der Waals surface area contributed by atoms with Crippen molar-refractivity contribution in [3.63, 3.8) is 0 Å². The zero-order valence-electron chi connectivity index (χ0n) is 10.7. The SMILES string of the molecule is CCNNC(=O)c1ccc(Oc2ccccc2)cc1. The summed E-state index contributed by atoms with van der Waals surface area (Å²) in [5, 5.41) is 0. The first-order valence-corrected chi connectivity index (χ1v) is 6.16. The number of amides is 1. The number of hydrazine groups is 1. The second-order valence-electron chi connectivity index (χ2n) is 3.92. The number of nitrogens with one attached hydrogen (secondary N) is 2. The van der Waals surface area contributed by atoms with Gasteiger partial charge in [-0.15, -0.1) is 0 Å². The first-order chi connectivity index (χ1) is 9.29. The molecule has 19 heavy (non-hydrogen) atoms. The summed E-state index contributed by atoms with van der Waals surface area (Å²) in [5.74, 6) is 1.31. The molecule has 0 bridgehead atoms. The third-order valence-corrected chi connectivity index (χ3v) is 2.47. The summed E-state index contributed by atoms with van der Waals surface area (Å²) in [6.45, 7) is 2.60. The molecule has 0 fully saturated rings. The van der Waals surface area contributed by atoms with E-state index in [2.05, 4.69) is 10.9 Å². The van der Waals surface area contributed by atoms with E-state index in [4.69, 9.17) is 4.74 Å². The van der Waals surface area contributed by atoms with E-state index in [0.717, 1.165) is 5.75 Å². The number of rotatable bonds is 5. The molecule has 2 rings (SSSR count). The Morgan fingerprint density at radius 3 is 2.26 bits per heavy atom. The first kappa shape index (κ1) is 13.1. The van der Waals surface area contributed by atoms with E-state index in [1.165, 1.54) is 0 Å². The highest BCUT2D eigenvalue weighted by molar-refractivity contribution is 5.93. The summed E-state index contributed by atoms with van der Waals surface area (Å²) >= 11 is 0. The minimum absolute atomic E-state index is 0.159. The van der Waals surface area contributed by atoms with Gasteiger partial charge in [0.1, 0.15) is 11.5 Å². The molecule has 2 aromatic rings. The summed E-state index contributed by atoms with van der Waals surface area (Å²) in [6, 6.07) is 16.5. The van der Waals surface area contributed by atoms with Crippen molar-refractivity contribution in [2.45, 2.75) is 6.92 Å². The number of benzene rings is 2. The molecule has 1 amide bonds. The van der Waals surface area contributed by atoms with Gasteiger partial charge in [-0.05, 0) is 36.4 Å². The predicted molar refractivity (Wildman–Crippen MR) is 74.1 cm³/mol. The van der Waals surface area contributed by atoms with Gasteiger partial charge in [-0.1, -0.05) is 25.1 Å². The van der Waals surface area contributed by atoms with Crippen LogP contribution in [0.25, 0.3) is 0 Å². The van der Waals surface area contributed by atoms with Gasteiger partial charge >= 0.3 is 0 Å². The molecule has 0 heterocycles. The second-order valence-corrected chi connectivity index (χ2v) is 3.92.